The standard InChI is InChI=1S/C25H34N2O3S/c1-24-10-8-19(28)13-17(24)4-5-20-22-7-6-21(25(22,2)11-9-23(20)24)16-12-18(15-26-14-16)27-31(3,29)30/h4,6,12,14-15,19-20,22-23,27-28H,5,7-11,13H2,1-3H3/t19-,20?,22?,23?,24-,25+/m0/s1. The van der Waals surface area contributed by atoms with Crippen molar-refractivity contribution in [2.45, 2.75) is 64.9 Å². The third kappa shape index (κ3) is 3.46. The summed E-state index contributed by atoms with van der Waals surface area (Å²) in [6.45, 7) is 4.87. The maximum Gasteiger partial charge on any atom is 0.229 e. The van der Waals surface area contributed by atoms with E-state index in [4.69, 9.17) is 0 Å². The number of rotatable bonds is 3. The van der Waals surface area contributed by atoms with Crippen molar-refractivity contribution in [1.29, 1.82) is 0 Å². The van der Waals surface area contributed by atoms with Crippen LogP contribution in [-0.2, 0) is 10.0 Å². The molecule has 0 aromatic carbocycles. The van der Waals surface area contributed by atoms with Crippen LogP contribution >= 0.6 is 0 Å². The van der Waals surface area contributed by atoms with E-state index in [2.05, 4.69) is 35.7 Å². The smallest absolute Gasteiger partial charge is 0.229 e. The molecule has 2 saturated carbocycles. The molecule has 0 amide bonds. The number of aliphatic hydroxyl groups is 1. The molecule has 0 saturated heterocycles. The molecule has 4 aliphatic carbocycles. The molecule has 6 atom stereocenters. The van der Waals surface area contributed by atoms with Gasteiger partial charge < -0.3 is 5.11 Å². The fourth-order valence-electron chi connectivity index (χ4n) is 7.51. The minimum Gasteiger partial charge on any atom is -0.393 e. The SMILES string of the molecule is C[C@]12CC[C@H](O)CC1=CCC1C2CC[C@]2(C)C(c3cncc(NS(C)(=O)=O)c3)=CCC12. The topological polar surface area (TPSA) is 79.3 Å². The molecule has 5 nitrogen and oxygen atoms in total. The Hall–Kier alpha value is -1.66. The first-order valence-corrected chi connectivity index (χ1v) is 13.5. The lowest BCUT2D eigenvalue weighted by atomic mass is 9.47. The third-order valence-electron chi connectivity index (χ3n) is 9.01. The predicted octanol–water partition coefficient (Wildman–Crippen LogP) is 4.77. The van der Waals surface area contributed by atoms with Crippen LogP contribution in [0.15, 0.2) is 36.2 Å². The molecule has 0 bridgehead atoms. The summed E-state index contributed by atoms with van der Waals surface area (Å²) in [7, 11) is -3.33. The summed E-state index contributed by atoms with van der Waals surface area (Å²) >= 11 is 0. The van der Waals surface area contributed by atoms with Crippen molar-refractivity contribution in [2.24, 2.45) is 28.6 Å². The van der Waals surface area contributed by atoms with Gasteiger partial charge in [0.2, 0.25) is 10.0 Å². The number of aliphatic hydroxyl groups excluding tert-OH is 1. The average molecular weight is 443 g/mol. The van der Waals surface area contributed by atoms with E-state index in [9.17, 15) is 13.5 Å². The van der Waals surface area contributed by atoms with E-state index >= 15 is 0 Å². The van der Waals surface area contributed by atoms with Gasteiger partial charge in [0.05, 0.1) is 24.2 Å². The lowest BCUT2D eigenvalue weighted by Gasteiger charge is -2.57. The summed E-state index contributed by atoms with van der Waals surface area (Å²) in [5.74, 6) is 1.97. The van der Waals surface area contributed by atoms with Gasteiger partial charge in [-0.25, -0.2) is 8.42 Å². The number of aromatic nitrogens is 1. The number of anilines is 1. The van der Waals surface area contributed by atoms with Crippen LogP contribution in [0.1, 0.15) is 64.4 Å². The van der Waals surface area contributed by atoms with Crippen LogP contribution in [0, 0.1) is 28.6 Å². The number of allylic oxidation sites excluding steroid dienone is 3. The normalized spacial score (nSPS) is 39.6. The molecule has 4 aliphatic rings. The quantitative estimate of drug-likeness (QED) is 0.661. The number of hydrogen-bond donors (Lipinski definition) is 2. The van der Waals surface area contributed by atoms with Gasteiger partial charge in [-0.15, -0.1) is 0 Å². The maximum atomic E-state index is 11.7. The van der Waals surface area contributed by atoms with E-state index < -0.39 is 10.0 Å². The lowest BCUT2D eigenvalue weighted by molar-refractivity contribution is -0.0238. The zero-order chi connectivity index (χ0) is 22.0. The summed E-state index contributed by atoms with van der Waals surface area (Å²) in [6, 6.07) is 1.93. The van der Waals surface area contributed by atoms with Gasteiger partial charge in [0.25, 0.3) is 0 Å². The molecule has 1 aromatic heterocycles. The summed E-state index contributed by atoms with van der Waals surface area (Å²) in [4.78, 5) is 4.33. The molecule has 0 radical (unpaired) electrons. The Labute approximate surface area is 186 Å². The number of pyridine rings is 1. The first-order valence-electron chi connectivity index (χ1n) is 11.6. The van der Waals surface area contributed by atoms with Gasteiger partial charge in [0.15, 0.2) is 0 Å². The van der Waals surface area contributed by atoms with Crippen LogP contribution in [0.4, 0.5) is 5.69 Å². The molecule has 2 N–H and O–H groups in total. The second-order valence-electron chi connectivity index (χ2n) is 10.8. The number of hydrogen-bond acceptors (Lipinski definition) is 4. The fraction of sp³-hybridized carbons (Fsp3) is 0.640. The van der Waals surface area contributed by atoms with Gasteiger partial charge in [-0.05, 0) is 90.7 Å². The second-order valence-corrected chi connectivity index (χ2v) is 12.6. The molecule has 31 heavy (non-hydrogen) atoms. The number of sulfonamides is 1. The summed E-state index contributed by atoms with van der Waals surface area (Å²) < 4.78 is 25.9. The van der Waals surface area contributed by atoms with Crippen molar-refractivity contribution in [3.8, 4) is 0 Å². The van der Waals surface area contributed by atoms with Gasteiger partial charge in [-0.3, -0.25) is 9.71 Å². The van der Waals surface area contributed by atoms with Crippen LogP contribution in [-0.4, -0.2) is 30.9 Å². The van der Waals surface area contributed by atoms with Gasteiger partial charge in [0.1, 0.15) is 0 Å². The molecule has 168 valence electrons. The Morgan fingerprint density at radius 1 is 1.06 bits per heavy atom. The Bertz CT molecular complexity index is 1060. The van der Waals surface area contributed by atoms with E-state index in [0.29, 0.717) is 23.4 Å². The minimum atomic E-state index is -3.33. The summed E-state index contributed by atoms with van der Waals surface area (Å²) in [5, 5.41) is 10.2. The number of nitrogens with zero attached hydrogens (tertiary/aromatic N) is 1. The van der Waals surface area contributed by atoms with Crippen molar-refractivity contribution in [2.75, 3.05) is 11.0 Å². The van der Waals surface area contributed by atoms with Crippen molar-refractivity contribution in [3.05, 3.63) is 41.7 Å². The first kappa shape index (κ1) is 21.2. The highest BCUT2D eigenvalue weighted by Gasteiger charge is 2.56. The van der Waals surface area contributed by atoms with E-state index in [-0.39, 0.29) is 16.9 Å². The average Bonchev–Trinajstić information content (AvgIpc) is 3.05. The Morgan fingerprint density at radius 2 is 1.84 bits per heavy atom. The van der Waals surface area contributed by atoms with Crippen molar-refractivity contribution in [3.63, 3.8) is 0 Å². The van der Waals surface area contributed by atoms with Gasteiger partial charge in [0, 0.05) is 6.20 Å². The Balaban J connectivity index is 1.44. The Kier molecular flexibility index (Phi) is 4.91. The van der Waals surface area contributed by atoms with Gasteiger partial charge >= 0.3 is 0 Å². The van der Waals surface area contributed by atoms with Crippen molar-refractivity contribution in [1.82, 2.24) is 4.98 Å². The van der Waals surface area contributed by atoms with Crippen LogP contribution in [0.2, 0.25) is 0 Å². The second kappa shape index (κ2) is 7.17. The molecule has 6 heteroatoms. The fourth-order valence-corrected chi connectivity index (χ4v) is 8.05. The van der Waals surface area contributed by atoms with E-state index in [1.165, 1.54) is 23.8 Å². The van der Waals surface area contributed by atoms with Crippen LogP contribution in [0.3, 0.4) is 0 Å². The molecule has 2 fully saturated rings. The van der Waals surface area contributed by atoms with Gasteiger partial charge in [-0.1, -0.05) is 31.6 Å². The Morgan fingerprint density at radius 3 is 2.61 bits per heavy atom. The highest BCUT2D eigenvalue weighted by atomic mass is 32.2. The minimum absolute atomic E-state index is 0.0996. The third-order valence-corrected chi connectivity index (χ3v) is 9.62. The van der Waals surface area contributed by atoms with Crippen LogP contribution in [0.25, 0.3) is 5.57 Å². The maximum absolute atomic E-state index is 11.7. The zero-order valence-corrected chi connectivity index (χ0v) is 19.6. The zero-order valence-electron chi connectivity index (χ0n) is 18.8. The molecular formula is C25H34N2O3S. The lowest BCUT2D eigenvalue weighted by Crippen LogP contribution is -2.49. The molecule has 3 unspecified atom stereocenters. The van der Waals surface area contributed by atoms with E-state index in [1.807, 2.05) is 12.3 Å². The predicted molar refractivity (Wildman–Crippen MR) is 124 cm³/mol. The monoisotopic (exact) mass is 442 g/mol. The molecular weight excluding hydrogens is 408 g/mol. The summed E-state index contributed by atoms with van der Waals surface area (Å²) in [6.07, 6.45) is 16.8. The van der Waals surface area contributed by atoms with Crippen LogP contribution < -0.4 is 4.72 Å². The highest BCUT2D eigenvalue weighted by Crippen LogP contribution is 2.66. The summed E-state index contributed by atoms with van der Waals surface area (Å²) in [5.41, 5.74) is 4.75. The molecule has 0 spiro atoms. The number of nitrogens with one attached hydrogen (secondary N) is 1. The molecule has 1 aromatic rings. The molecule has 0 aliphatic heterocycles. The number of fused-ring (bicyclic) bond motifs is 5. The largest absolute Gasteiger partial charge is 0.393 e. The molecule has 5 rings (SSSR count). The van der Waals surface area contributed by atoms with Crippen molar-refractivity contribution >= 4 is 21.3 Å². The van der Waals surface area contributed by atoms with E-state index in [0.717, 1.165) is 44.1 Å². The van der Waals surface area contributed by atoms with Crippen molar-refractivity contribution < 1.29 is 13.5 Å². The van der Waals surface area contributed by atoms with Crippen LogP contribution in [0.5, 0.6) is 0 Å². The first-order chi connectivity index (χ1) is 14.6. The molecule has 1 heterocycles. The highest BCUT2D eigenvalue weighted by molar-refractivity contribution is 7.92. The van der Waals surface area contributed by atoms with E-state index in [1.54, 1.807) is 6.20 Å². The van der Waals surface area contributed by atoms with Gasteiger partial charge in [-0.2, -0.15) is 0 Å².